The minimum Gasteiger partial charge on any atom is -0.396 e. The molecule has 0 saturated heterocycles. The van der Waals surface area contributed by atoms with Crippen LogP contribution in [0.15, 0.2) is 5.70 Å². The second-order valence-corrected chi connectivity index (χ2v) is 4.44. The van der Waals surface area contributed by atoms with Crippen molar-refractivity contribution in [2.24, 2.45) is 5.73 Å². The maximum absolute atomic E-state index is 13.7. The summed E-state index contributed by atoms with van der Waals surface area (Å²) >= 11 is 0. The Morgan fingerprint density at radius 2 is 1.17 bits per heavy atom. The molecular weight excluding hydrogens is 355 g/mol. The van der Waals surface area contributed by atoms with E-state index in [0.29, 0.717) is 0 Å². The molecule has 0 aliphatic heterocycles. The molecule has 23 heavy (non-hydrogen) atoms. The Kier molecular flexibility index (Phi) is 3.40. The van der Waals surface area contributed by atoms with Crippen molar-refractivity contribution in [3.05, 3.63) is 40.1 Å². The molecule has 2 N–H and O–H groups in total. The third-order valence-corrected chi connectivity index (χ3v) is 3.11. The highest BCUT2D eigenvalue weighted by Crippen LogP contribution is 2.57. The minimum atomic E-state index is -6.53. The second kappa shape index (κ2) is 4.51. The Morgan fingerprint density at radius 1 is 0.739 bits per heavy atom. The van der Waals surface area contributed by atoms with Crippen molar-refractivity contribution in [2.75, 3.05) is 0 Å². The Hall–Kier alpha value is -2.01. The Balaban J connectivity index is 2.99. The van der Waals surface area contributed by atoms with Crippen LogP contribution in [0.3, 0.4) is 0 Å². The number of allylic oxidation sites excluding steroid dienone is 2. The summed E-state index contributed by atoms with van der Waals surface area (Å²) in [6.45, 7) is 0. The zero-order chi connectivity index (χ0) is 18.1. The lowest BCUT2D eigenvalue weighted by Gasteiger charge is -2.22. The Bertz CT molecular complexity index is 729. The SMILES string of the molecule is NC1=C(C(F)(F)C(F)(F)F)c2c(F)c(F)c(F)c(F)c2C1(F)F. The number of nitrogens with two attached hydrogens (primary N) is 1. The molecular formula is C11H2F11N. The molecule has 128 valence electrons. The van der Waals surface area contributed by atoms with Crippen molar-refractivity contribution in [2.45, 2.75) is 18.0 Å². The molecule has 0 saturated carbocycles. The van der Waals surface area contributed by atoms with Crippen molar-refractivity contribution in [3.8, 4) is 0 Å². The van der Waals surface area contributed by atoms with Gasteiger partial charge in [0.2, 0.25) is 0 Å². The van der Waals surface area contributed by atoms with Gasteiger partial charge in [-0.2, -0.15) is 30.7 Å². The van der Waals surface area contributed by atoms with E-state index in [4.69, 9.17) is 0 Å². The smallest absolute Gasteiger partial charge is 0.396 e. The molecule has 0 spiro atoms. The molecule has 1 aromatic rings. The summed E-state index contributed by atoms with van der Waals surface area (Å²) in [6.07, 6.45) is -6.53. The van der Waals surface area contributed by atoms with E-state index in [1.165, 1.54) is 0 Å². The quantitative estimate of drug-likeness (QED) is 0.455. The number of fused-ring (bicyclic) bond motifs is 1. The average Bonchev–Trinajstić information content (AvgIpc) is 2.61. The second-order valence-electron chi connectivity index (χ2n) is 4.44. The first-order chi connectivity index (χ1) is 10.2. The van der Waals surface area contributed by atoms with Gasteiger partial charge < -0.3 is 5.73 Å². The van der Waals surface area contributed by atoms with E-state index < -0.39 is 63.7 Å². The third kappa shape index (κ3) is 1.99. The van der Waals surface area contributed by atoms with Gasteiger partial charge in [-0.25, -0.2) is 17.6 Å². The van der Waals surface area contributed by atoms with Gasteiger partial charge in [0.05, 0.1) is 16.8 Å². The van der Waals surface area contributed by atoms with E-state index in [2.05, 4.69) is 5.73 Å². The standard InChI is InChI=1S/C11H2F11N/c12-4-1-2(5(13)7(15)6(4)14)9(16,17)8(23)3(1)10(18,19)11(20,21)22/h23H2. The Labute approximate surface area is 119 Å². The van der Waals surface area contributed by atoms with Crippen molar-refractivity contribution in [1.29, 1.82) is 0 Å². The maximum Gasteiger partial charge on any atom is 0.458 e. The van der Waals surface area contributed by atoms with Gasteiger partial charge >= 0.3 is 18.0 Å². The first-order valence-corrected chi connectivity index (χ1v) is 5.37. The van der Waals surface area contributed by atoms with Crippen LogP contribution in [0.1, 0.15) is 11.1 Å². The molecule has 1 aromatic carbocycles. The maximum atomic E-state index is 13.7. The fraction of sp³-hybridized carbons (Fsp3) is 0.273. The molecule has 0 amide bonds. The van der Waals surface area contributed by atoms with E-state index in [1.807, 2.05) is 0 Å². The van der Waals surface area contributed by atoms with Crippen LogP contribution in [0.25, 0.3) is 5.57 Å². The van der Waals surface area contributed by atoms with E-state index in [0.717, 1.165) is 0 Å². The molecule has 2 rings (SSSR count). The molecule has 0 unspecified atom stereocenters. The van der Waals surface area contributed by atoms with Crippen LogP contribution >= 0.6 is 0 Å². The normalized spacial score (nSPS) is 17.7. The molecule has 0 radical (unpaired) electrons. The molecule has 0 bridgehead atoms. The van der Waals surface area contributed by atoms with Gasteiger partial charge in [-0.05, 0) is 0 Å². The van der Waals surface area contributed by atoms with E-state index in [9.17, 15) is 48.3 Å². The van der Waals surface area contributed by atoms with E-state index >= 15 is 0 Å². The molecule has 0 fully saturated rings. The highest BCUT2D eigenvalue weighted by atomic mass is 19.4. The summed E-state index contributed by atoms with van der Waals surface area (Å²) in [6, 6.07) is 0. The predicted octanol–water partition coefficient (Wildman–Crippen LogP) is 4.22. The number of halogens is 11. The Morgan fingerprint density at radius 3 is 1.61 bits per heavy atom. The summed E-state index contributed by atoms with van der Waals surface area (Å²) in [5.74, 6) is -22.5. The van der Waals surface area contributed by atoms with Gasteiger partial charge in [-0.3, -0.25) is 0 Å². The summed E-state index contributed by atoms with van der Waals surface area (Å²) < 4.78 is 144. The highest BCUT2D eigenvalue weighted by molar-refractivity contribution is 5.83. The number of hydrogen-bond acceptors (Lipinski definition) is 1. The predicted molar refractivity (Wildman–Crippen MR) is 52.3 cm³/mol. The number of benzene rings is 1. The minimum absolute atomic E-state index is 2.45. The molecule has 1 nitrogen and oxygen atoms in total. The fourth-order valence-corrected chi connectivity index (χ4v) is 2.06. The van der Waals surface area contributed by atoms with E-state index in [-0.39, 0.29) is 0 Å². The van der Waals surface area contributed by atoms with Crippen molar-refractivity contribution >= 4 is 5.57 Å². The first-order valence-electron chi connectivity index (χ1n) is 5.37. The largest absolute Gasteiger partial charge is 0.458 e. The monoisotopic (exact) mass is 357 g/mol. The molecule has 0 aromatic heterocycles. The van der Waals surface area contributed by atoms with Crippen molar-refractivity contribution in [3.63, 3.8) is 0 Å². The highest BCUT2D eigenvalue weighted by Gasteiger charge is 2.67. The first kappa shape index (κ1) is 17.3. The topological polar surface area (TPSA) is 26.0 Å². The van der Waals surface area contributed by atoms with Gasteiger partial charge in [0.15, 0.2) is 23.3 Å². The van der Waals surface area contributed by atoms with Crippen LogP contribution in [0.4, 0.5) is 48.3 Å². The summed E-state index contributed by atoms with van der Waals surface area (Å²) in [7, 11) is 0. The van der Waals surface area contributed by atoms with Crippen LogP contribution < -0.4 is 5.73 Å². The van der Waals surface area contributed by atoms with Gasteiger partial charge in [0, 0.05) is 5.56 Å². The fourth-order valence-electron chi connectivity index (χ4n) is 2.06. The molecule has 0 atom stereocenters. The van der Waals surface area contributed by atoms with Crippen LogP contribution in [0, 0.1) is 23.3 Å². The number of alkyl halides is 7. The molecule has 1 aliphatic rings. The van der Waals surface area contributed by atoms with Gasteiger partial charge in [0.1, 0.15) is 0 Å². The molecule has 0 heterocycles. The van der Waals surface area contributed by atoms with Gasteiger partial charge in [-0.1, -0.05) is 0 Å². The molecule has 12 heteroatoms. The summed E-state index contributed by atoms with van der Waals surface area (Å²) in [5, 5.41) is 0. The van der Waals surface area contributed by atoms with Crippen LogP contribution in [0.2, 0.25) is 0 Å². The van der Waals surface area contributed by atoms with Crippen molar-refractivity contribution in [1.82, 2.24) is 0 Å². The zero-order valence-electron chi connectivity index (χ0n) is 10.2. The lowest BCUT2D eigenvalue weighted by molar-refractivity contribution is -0.254. The van der Waals surface area contributed by atoms with Gasteiger partial charge in [0.25, 0.3) is 0 Å². The molecule has 1 aliphatic carbocycles. The summed E-state index contributed by atoms with van der Waals surface area (Å²) in [5.41, 5.74) is -5.89. The number of rotatable bonds is 1. The van der Waals surface area contributed by atoms with E-state index in [1.54, 1.807) is 0 Å². The zero-order valence-corrected chi connectivity index (χ0v) is 10.2. The van der Waals surface area contributed by atoms with Crippen molar-refractivity contribution < 1.29 is 48.3 Å². The van der Waals surface area contributed by atoms with Crippen LogP contribution in [-0.4, -0.2) is 12.1 Å². The van der Waals surface area contributed by atoms with Gasteiger partial charge in [-0.15, -0.1) is 0 Å². The summed E-state index contributed by atoms with van der Waals surface area (Å²) in [4.78, 5) is 0. The lowest BCUT2D eigenvalue weighted by Crippen LogP contribution is -2.39. The van der Waals surface area contributed by atoms with Crippen LogP contribution in [-0.2, 0) is 5.92 Å². The van der Waals surface area contributed by atoms with Crippen LogP contribution in [0.5, 0.6) is 0 Å². The average molecular weight is 357 g/mol. The third-order valence-electron chi connectivity index (χ3n) is 3.11. The lowest BCUT2D eigenvalue weighted by atomic mass is 9.98. The number of hydrogen-bond donors (Lipinski definition) is 1.